The van der Waals surface area contributed by atoms with Crippen molar-refractivity contribution in [2.75, 3.05) is 19.6 Å². The van der Waals surface area contributed by atoms with Crippen LogP contribution in [0.3, 0.4) is 0 Å². The van der Waals surface area contributed by atoms with E-state index in [9.17, 15) is 13.2 Å². The number of hydrogen-bond acceptors (Lipinski definition) is 3. The quantitative estimate of drug-likeness (QED) is 0.817. The van der Waals surface area contributed by atoms with Gasteiger partial charge in [-0.15, -0.1) is 6.58 Å². The van der Waals surface area contributed by atoms with Crippen LogP contribution in [0.25, 0.3) is 0 Å². The summed E-state index contributed by atoms with van der Waals surface area (Å²) in [6.45, 7) is 4.82. The maximum absolute atomic E-state index is 12.9. The van der Waals surface area contributed by atoms with E-state index in [2.05, 4.69) is 11.9 Å². The fourth-order valence-corrected chi connectivity index (χ4v) is 5.22. The van der Waals surface area contributed by atoms with E-state index >= 15 is 0 Å². The molecule has 6 heteroatoms. The maximum Gasteiger partial charge on any atom is 0.243 e. The predicted molar refractivity (Wildman–Crippen MR) is 97.8 cm³/mol. The van der Waals surface area contributed by atoms with Gasteiger partial charge in [-0.25, -0.2) is 8.42 Å². The lowest BCUT2D eigenvalue weighted by molar-refractivity contribution is -0.125. The summed E-state index contributed by atoms with van der Waals surface area (Å²) in [4.78, 5) is 12.4. The molecular formula is C19H26N2O3S. The summed E-state index contributed by atoms with van der Waals surface area (Å²) in [5.74, 6) is -0.124. The molecule has 25 heavy (non-hydrogen) atoms. The Balaban J connectivity index is 1.68. The van der Waals surface area contributed by atoms with Gasteiger partial charge in [-0.3, -0.25) is 4.79 Å². The second kappa shape index (κ2) is 7.70. The van der Waals surface area contributed by atoms with E-state index < -0.39 is 10.0 Å². The lowest BCUT2D eigenvalue weighted by Gasteiger charge is -2.30. The van der Waals surface area contributed by atoms with Gasteiger partial charge in [-0.1, -0.05) is 12.1 Å². The molecule has 0 radical (unpaired) electrons. The molecule has 1 aliphatic carbocycles. The van der Waals surface area contributed by atoms with Crippen LogP contribution >= 0.6 is 0 Å². The molecule has 1 N–H and O–H groups in total. The van der Waals surface area contributed by atoms with Crippen LogP contribution in [0.4, 0.5) is 0 Å². The number of hydrogen-bond donors (Lipinski definition) is 1. The number of amides is 1. The molecule has 136 valence electrons. The van der Waals surface area contributed by atoms with E-state index in [1.165, 1.54) is 21.9 Å². The summed E-state index contributed by atoms with van der Waals surface area (Å²) in [6, 6.07) is 5.56. The Kier molecular flexibility index (Phi) is 5.59. The zero-order valence-corrected chi connectivity index (χ0v) is 15.4. The second-order valence-corrected chi connectivity index (χ2v) is 8.79. The van der Waals surface area contributed by atoms with Crippen molar-refractivity contribution < 1.29 is 13.2 Å². The molecule has 0 aromatic heterocycles. The van der Waals surface area contributed by atoms with Crippen molar-refractivity contribution in [3.05, 3.63) is 42.0 Å². The molecule has 0 bridgehead atoms. The number of carbonyl (C=O) groups is 1. The first-order chi connectivity index (χ1) is 12.0. The van der Waals surface area contributed by atoms with Crippen LogP contribution < -0.4 is 5.32 Å². The van der Waals surface area contributed by atoms with Crippen molar-refractivity contribution in [2.24, 2.45) is 5.92 Å². The van der Waals surface area contributed by atoms with Crippen LogP contribution in [-0.2, 0) is 27.7 Å². The van der Waals surface area contributed by atoms with Crippen LogP contribution in [0, 0.1) is 5.92 Å². The fourth-order valence-electron chi connectivity index (χ4n) is 3.69. The number of nitrogens with one attached hydrogen (secondary N) is 1. The molecular weight excluding hydrogens is 336 g/mol. The maximum atomic E-state index is 12.9. The number of fused-ring (bicyclic) bond motifs is 1. The van der Waals surface area contributed by atoms with Crippen molar-refractivity contribution in [3.8, 4) is 0 Å². The average molecular weight is 362 g/mol. The number of piperidine rings is 1. The summed E-state index contributed by atoms with van der Waals surface area (Å²) in [5.41, 5.74) is 2.45. The van der Waals surface area contributed by atoms with E-state index in [-0.39, 0.29) is 11.8 Å². The topological polar surface area (TPSA) is 66.5 Å². The first-order valence-electron chi connectivity index (χ1n) is 9.03. The van der Waals surface area contributed by atoms with Gasteiger partial charge in [0.15, 0.2) is 0 Å². The molecule has 1 aromatic rings. The first kappa shape index (κ1) is 18.1. The molecule has 3 rings (SSSR count). The van der Waals surface area contributed by atoms with Gasteiger partial charge < -0.3 is 5.32 Å². The predicted octanol–water partition coefficient (Wildman–Crippen LogP) is 2.27. The number of aryl methyl sites for hydroxylation is 2. The number of rotatable bonds is 5. The molecule has 2 aliphatic rings. The van der Waals surface area contributed by atoms with Gasteiger partial charge in [-0.05, 0) is 61.8 Å². The molecule has 1 heterocycles. The molecule has 0 spiro atoms. The van der Waals surface area contributed by atoms with Crippen molar-refractivity contribution >= 4 is 15.9 Å². The lowest BCUT2D eigenvalue weighted by atomic mass is 9.92. The molecule has 1 aromatic carbocycles. The molecule has 0 atom stereocenters. The van der Waals surface area contributed by atoms with E-state index in [0.29, 0.717) is 37.4 Å². The summed E-state index contributed by atoms with van der Waals surface area (Å²) in [5, 5.41) is 2.80. The average Bonchev–Trinajstić information content (AvgIpc) is 2.65. The zero-order chi connectivity index (χ0) is 17.9. The van der Waals surface area contributed by atoms with Crippen molar-refractivity contribution in [1.82, 2.24) is 9.62 Å². The molecule has 0 unspecified atom stereocenters. The lowest BCUT2D eigenvalue weighted by Crippen LogP contribution is -2.43. The summed E-state index contributed by atoms with van der Waals surface area (Å²) in [6.07, 6.45) is 7.08. The van der Waals surface area contributed by atoms with Crippen LogP contribution in [-0.4, -0.2) is 38.3 Å². The van der Waals surface area contributed by atoms with Gasteiger partial charge >= 0.3 is 0 Å². The number of nitrogens with zero attached hydrogens (tertiary/aromatic N) is 1. The van der Waals surface area contributed by atoms with Crippen LogP contribution in [0.2, 0.25) is 0 Å². The Hall–Kier alpha value is -1.66. The van der Waals surface area contributed by atoms with Crippen LogP contribution in [0.1, 0.15) is 36.8 Å². The highest BCUT2D eigenvalue weighted by Gasteiger charge is 2.32. The van der Waals surface area contributed by atoms with E-state index in [1.54, 1.807) is 12.1 Å². The Bertz CT molecular complexity index is 750. The molecule has 1 fully saturated rings. The SMILES string of the molecule is C=CCNC(=O)C1CCN(S(=O)(=O)c2ccc3c(c2)CCCC3)CC1. The Morgan fingerprint density at radius 3 is 2.56 bits per heavy atom. The van der Waals surface area contributed by atoms with Gasteiger partial charge in [0.1, 0.15) is 0 Å². The fraction of sp³-hybridized carbons (Fsp3) is 0.526. The van der Waals surface area contributed by atoms with Gasteiger partial charge in [-0.2, -0.15) is 4.31 Å². The van der Waals surface area contributed by atoms with Crippen molar-refractivity contribution in [2.45, 2.75) is 43.4 Å². The molecule has 1 amide bonds. The van der Waals surface area contributed by atoms with Gasteiger partial charge in [0.05, 0.1) is 4.90 Å². The third-order valence-electron chi connectivity index (χ3n) is 5.20. The molecule has 1 saturated heterocycles. The number of carbonyl (C=O) groups excluding carboxylic acids is 1. The Labute approximate surface area is 150 Å². The van der Waals surface area contributed by atoms with Gasteiger partial charge in [0.2, 0.25) is 15.9 Å². The molecule has 1 aliphatic heterocycles. The third kappa shape index (κ3) is 3.96. The number of sulfonamides is 1. The standard InChI is InChI=1S/C19H26N2O3S/c1-2-11-20-19(22)16-9-12-21(13-10-16)25(23,24)18-8-7-15-5-3-4-6-17(15)14-18/h2,7-8,14,16H,1,3-6,9-13H2,(H,20,22). The highest BCUT2D eigenvalue weighted by Crippen LogP contribution is 2.28. The summed E-state index contributed by atoms with van der Waals surface area (Å²) in [7, 11) is -3.48. The smallest absolute Gasteiger partial charge is 0.243 e. The number of benzene rings is 1. The minimum atomic E-state index is -3.48. The monoisotopic (exact) mass is 362 g/mol. The van der Waals surface area contributed by atoms with E-state index in [1.807, 2.05) is 12.1 Å². The van der Waals surface area contributed by atoms with Crippen molar-refractivity contribution in [1.29, 1.82) is 0 Å². The minimum Gasteiger partial charge on any atom is -0.352 e. The largest absolute Gasteiger partial charge is 0.352 e. The van der Waals surface area contributed by atoms with E-state index in [0.717, 1.165) is 19.3 Å². The molecule has 5 nitrogen and oxygen atoms in total. The Morgan fingerprint density at radius 1 is 1.20 bits per heavy atom. The highest BCUT2D eigenvalue weighted by atomic mass is 32.2. The van der Waals surface area contributed by atoms with Crippen LogP contribution in [0.15, 0.2) is 35.7 Å². The van der Waals surface area contributed by atoms with E-state index in [4.69, 9.17) is 0 Å². The minimum absolute atomic E-state index is 0.00858. The highest BCUT2D eigenvalue weighted by molar-refractivity contribution is 7.89. The third-order valence-corrected chi connectivity index (χ3v) is 7.10. The second-order valence-electron chi connectivity index (χ2n) is 6.85. The first-order valence-corrected chi connectivity index (χ1v) is 10.5. The van der Waals surface area contributed by atoms with Crippen molar-refractivity contribution in [3.63, 3.8) is 0 Å². The van der Waals surface area contributed by atoms with Gasteiger partial charge in [0.25, 0.3) is 0 Å². The Morgan fingerprint density at radius 2 is 1.88 bits per heavy atom. The van der Waals surface area contributed by atoms with Gasteiger partial charge in [0, 0.05) is 25.6 Å². The zero-order valence-electron chi connectivity index (χ0n) is 14.5. The normalized spacial score (nSPS) is 19.2. The van der Waals surface area contributed by atoms with Crippen LogP contribution in [0.5, 0.6) is 0 Å². The summed E-state index contributed by atoms with van der Waals surface area (Å²) >= 11 is 0. The summed E-state index contributed by atoms with van der Waals surface area (Å²) < 4.78 is 27.4. The molecule has 0 saturated carbocycles.